The average molecular weight is 339 g/mol. The van der Waals surface area contributed by atoms with Crippen LogP contribution in [0.3, 0.4) is 0 Å². The van der Waals surface area contributed by atoms with Crippen molar-refractivity contribution in [1.29, 1.82) is 0 Å². The molecule has 2 saturated carbocycles. The zero-order chi connectivity index (χ0) is 16.4. The summed E-state index contributed by atoms with van der Waals surface area (Å²) in [4.78, 5) is 48.0. The standard InChI is InChI=1S/C15H21N3O4S/c19-12(7-23-8-13(20)17-9-2-1-3-9)16-4-5-18-14(21)10-6-11(10)15(18)22/h9-11H,1-8H2,(H,16,19)(H,17,20)/t10-,11+. The Morgan fingerprint density at radius 1 is 1.09 bits per heavy atom. The topological polar surface area (TPSA) is 95.6 Å². The van der Waals surface area contributed by atoms with Crippen LogP contribution in [0.5, 0.6) is 0 Å². The van der Waals surface area contributed by atoms with Gasteiger partial charge in [-0.25, -0.2) is 0 Å². The molecule has 0 aromatic rings. The molecule has 4 amide bonds. The number of nitrogens with one attached hydrogen (secondary N) is 2. The lowest BCUT2D eigenvalue weighted by Crippen LogP contribution is -2.41. The van der Waals surface area contributed by atoms with E-state index in [1.807, 2.05) is 0 Å². The van der Waals surface area contributed by atoms with Crippen molar-refractivity contribution in [3.8, 4) is 0 Å². The molecule has 3 rings (SSSR count). The van der Waals surface area contributed by atoms with Gasteiger partial charge in [-0.2, -0.15) is 0 Å². The van der Waals surface area contributed by atoms with Crippen LogP contribution in [0.4, 0.5) is 0 Å². The Kier molecular flexibility index (Phi) is 4.89. The summed E-state index contributed by atoms with van der Waals surface area (Å²) in [6, 6.07) is 0.318. The third-order valence-corrected chi connectivity index (χ3v) is 5.48. The fraction of sp³-hybridized carbons (Fsp3) is 0.733. The fourth-order valence-corrected chi connectivity index (χ4v) is 3.54. The first-order chi connectivity index (χ1) is 11.1. The Bertz CT molecular complexity index is 515. The van der Waals surface area contributed by atoms with E-state index in [2.05, 4.69) is 10.6 Å². The summed E-state index contributed by atoms with van der Waals surface area (Å²) in [7, 11) is 0. The molecule has 1 saturated heterocycles. The van der Waals surface area contributed by atoms with Crippen molar-refractivity contribution in [2.45, 2.75) is 31.7 Å². The maximum Gasteiger partial charge on any atom is 0.233 e. The van der Waals surface area contributed by atoms with E-state index in [1.165, 1.54) is 23.1 Å². The highest BCUT2D eigenvalue weighted by molar-refractivity contribution is 8.00. The second-order valence-electron chi connectivity index (χ2n) is 6.31. The molecule has 0 aromatic carbocycles. The van der Waals surface area contributed by atoms with Crippen LogP contribution in [0.2, 0.25) is 0 Å². The van der Waals surface area contributed by atoms with Crippen molar-refractivity contribution in [3.63, 3.8) is 0 Å². The molecular formula is C15H21N3O4S. The highest BCUT2D eigenvalue weighted by atomic mass is 32.2. The molecule has 1 heterocycles. The number of imide groups is 1. The van der Waals surface area contributed by atoms with Crippen LogP contribution < -0.4 is 10.6 Å². The van der Waals surface area contributed by atoms with E-state index in [1.54, 1.807) is 0 Å². The van der Waals surface area contributed by atoms with Gasteiger partial charge in [0, 0.05) is 19.1 Å². The van der Waals surface area contributed by atoms with E-state index in [9.17, 15) is 19.2 Å². The molecule has 0 spiro atoms. The summed E-state index contributed by atoms with van der Waals surface area (Å²) in [5.41, 5.74) is 0. The number of hydrogen-bond donors (Lipinski definition) is 2. The SMILES string of the molecule is O=C(CSCC(=O)NC1CCC1)NCCN1C(=O)[C@H]2C[C@H]2C1=O. The molecule has 3 fully saturated rings. The lowest BCUT2D eigenvalue weighted by molar-refractivity contribution is -0.141. The third-order valence-electron chi connectivity index (χ3n) is 4.55. The van der Waals surface area contributed by atoms with Gasteiger partial charge in [0.1, 0.15) is 0 Å². The van der Waals surface area contributed by atoms with E-state index < -0.39 is 0 Å². The third kappa shape index (κ3) is 3.85. The summed E-state index contributed by atoms with van der Waals surface area (Å²) in [5.74, 6) is -0.129. The van der Waals surface area contributed by atoms with Crippen molar-refractivity contribution in [1.82, 2.24) is 15.5 Å². The van der Waals surface area contributed by atoms with Gasteiger partial charge >= 0.3 is 0 Å². The molecule has 0 bridgehead atoms. The molecule has 0 radical (unpaired) electrons. The van der Waals surface area contributed by atoms with Crippen LogP contribution in [0.25, 0.3) is 0 Å². The smallest absolute Gasteiger partial charge is 0.233 e. The van der Waals surface area contributed by atoms with Gasteiger partial charge in [0.15, 0.2) is 0 Å². The maximum atomic E-state index is 11.7. The van der Waals surface area contributed by atoms with Crippen LogP contribution in [-0.4, -0.2) is 59.2 Å². The van der Waals surface area contributed by atoms with Crippen molar-refractivity contribution in [2.24, 2.45) is 11.8 Å². The van der Waals surface area contributed by atoms with Crippen LogP contribution in [0.1, 0.15) is 25.7 Å². The van der Waals surface area contributed by atoms with Gasteiger partial charge in [-0.3, -0.25) is 24.1 Å². The second kappa shape index (κ2) is 6.90. The molecule has 1 aliphatic heterocycles. The first-order valence-corrected chi connectivity index (χ1v) is 9.21. The largest absolute Gasteiger partial charge is 0.354 e. The van der Waals surface area contributed by atoms with E-state index >= 15 is 0 Å². The van der Waals surface area contributed by atoms with E-state index in [-0.39, 0.29) is 60.1 Å². The van der Waals surface area contributed by atoms with Crippen LogP contribution >= 0.6 is 11.8 Å². The summed E-state index contributed by atoms with van der Waals surface area (Å²) in [6.07, 6.45) is 3.96. The summed E-state index contributed by atoms with van der Waals surface area (Å²) >= 11 is 1.27. The average Bonchev–Trinajstić information content (AvgIpc) is 3.22. The number of thioether (sulfide) groups is 1. The Morgan fingerprint density at radius 2 is 1.74 bits per heavy atom. The number of piperidine rings is 1. The fourth-order valence-electron chi connectivity index (χ4n) is 2.89. The Hall–Kier alpha value is -1.57. The van der Waals surface area contributed by atoms with Gasteiger partial charge in [0.05, 0.1) is 23.3 Å². The summed E-state index contributed by atoms with van der Waals surface area (Å²) in [5, 5.41) is 5.59. The van der Waals surface area contributed by atoms with Crippen molar-refractivity contribution in [3.05, 3.63) is 0 Å². The quantitative estimate of drug-likeness (QED) is 0.582. The van der Waals surface area contributed by atoms with Crippen molar-refractivity contribution >= 4 is 35.4 Å². The first kappa shape index (κ1) is 16.3. The van der Waals surface area contributed by atoms with Crippen molar-refractivity contribution in [2.75, 3.05) is 24.6 Å². The van der Waals surface area contributed by atoms with Gasteiger partial charge in [-0.1, -0.05) is 0 Å². The van der Waals surface area contributed by atoms with Gasteiger partial charge in [0.25, 0.3) is 0 Å². The van der Waals surface area contributed by atoms with E-state index in [4.69, 9.17) is 0 Å². The predicted octanol–water partition coefficient (Wildman–Crippen LogP) is -0.491. The van der Waals surface area contributed by atoms with E-state index in [0.717, 1.165) is 12.8 Å². The Labute approximate surface area is 138 Å². The first-order valence-electron chi connectivity index (χ1n) is 8.05. The maximum absolute atomic E-state index is 11.7. The Balaban J connectivity index is 1.24. The number of nitrogens with zero attached hydrogens (tertiary/aromatic N) is 1. The number of hydrogen-bond acceptors (Lipinski definition) is 5. The van der Waals surface area contributed by atoms with Crippen LogP contribution in [0, 0.1) is 11.8 Å². The van der Waals surface area contributed by atoms with Crippen LogP contribution in [0.15, 0.2) is 0 Å². The molecule has 2 N–H and O–H groups in total. The molecule has 7 nitrogen and oxygen atoms in total. The number of rotatable bonds is 8. The van der Waals surface area contributed by atoms with Gasteiger partial charge in [-0.05, 0) is 25.7 Å². The highest BCUT2D eigenvalue weighted by Gasteiger charge is 2.58. The van der Waals surface area contributed by atoms with Crippen LogP contribution in [-0.2, 0) is 19.2 Å². The minimum absolute atomic E-state index is 0.0278. The second-order valence-corrected chi connectivity index (χ2v) is 7.30. The summed E-state index contributed by atoms with van der Waals surface area (Å²) in [6.45, 7) is 0.508. The molecule has 0 aromatic heterocycles. The molecule has 126 valence electrons. The molecule has 23 heavy (non-hydrogen) atoms. The van der Waals surface area contributed by atoms with Gasteiger partial charge < -0.3 is 10.6 Å². The minimum atomic E-state index is -0.185. The van der Waals surface area contributed by atoms with Crippen molar-refractivity contribution < 1.29 is 19.2 Å². The molecule has 0 unspecified atom stereocenters. The number of carbonyl (C=O) groups is 4. The predicted molar refractivity (Wildman–Crippen MR) is 84.4 cm³/mol. The van der Waals surface area contributed by atoms with Gasteiger partial charge in [-0.15, -0.1) is 11.8 Å². The number of carbonyl (C=O) groups excluding carboxylic acids is 4. The zero-order valence-corrected chi connectivity index (χ0v) is 13.7. The minimum Gasteiger partial charge on any atom is -0.354 e. The lowest BCUT2D eigenvalue weighted by atomic mass is 9.93. The molecule has 3 aliphatic rings. The lowest BCUT2D eigenvalue weighted by Gasteiger charge is -2.26. The van der Waals surface area contributed by atoms with E-state index in [0.29, 0.717) is 12.5 Å². The zero-order valence-electron chi connectivity index (χ0n) is 12.9. The summed E-state index contributed by atoms with van der Waals surface area (Å²) < 4.78 is 0. The number of fused-ring (bicyclic) bond motifs is 1. The molecule has 2 aliphatic carbocycles. The Morgan fingerprint density at radius 3 is 2.35 bits per heavy atom. The normalized spacial score (nSPS) is 25.8. The van der Waals surface area contributed by atoms with Gasteiger partial charge in [0.2, 0.25) is 23.6 Å². The highest BCUT2D eigenvalue weighted by Crippen LogP contribution is 2.46. The number of likely N-dealkylation sites (tertiary alicyclic amines) is 1. The number of amides is 4. The molecule has 2 atom stereocenters. The monoisotopic (exact) mass is 339 g/mol. The molecular weight excluding hydrogens is 318 g/mol. The molecule has 8 heteroatoms.